The second kappa shape index (κ2) is 5.18. The summed E-state index contributed by atoms with van der Waals surface area (Å²) in [7, 11) is 0. The van der Waals surface area contributed by atoms with Crippen LogP contribution in [0.25, 0.3) is 0 Å². The van der Waals surface area contributed by atoms with E-state index >= 15 is 0 Å². The number of fused-ring (bicyclic) bond motifs is 5. The van der Waals surface area contributed by atoms with Crippen molar-refractivity contribution in [1.82, 2.24) is 0 Å². The van der Waals surface area contributed by atoms with E-state index in [4.69, 9.17) is 0 Å². The number of rotatable bonds is 0. The molecule has 0 amide bonds. The fourth-order valence-electron chi connectivity index (χ4n) is 6.40. The Labute approximate surface area is 139 Å². The van der Waals surface area contributed by atoms with Crippen molar-refractivity contribution in [3.63, 3.8) is 0 Å². The van der Waals surface area contributed by atoms with Crippen LogP contribution in [-0.4, -0.2) is 17.7 Å². The number of carbonyl (C=O) groups is 2. The van der Waals surface area contributed by atoms with Crippen LogP contribution in [-0.2, 0) is 9.59 Å². The maximum atomic E-state index is 13.4. The molecule has 0 aromatic heterocycles. The van der Waals surface area contributed by atoms with E-state index in [1.807, 2.05) is 0 Å². The first-order chi connectivity index (χ1) is 11.2. The summed E-state index contributed by atoms with van der Waals surface area (Å²) in [6, 6.07) is 0. The molecule has 0 aromatic rings. The van der Waals surface area contributed by atoms with E-state index in [0.29, 0.717) is 48.9 Å². The van der Waals surface area contributed by atoms with Crippen molar-refractivity contribution in [2.45, 2.75) is 64.5 Å². The minimum atomic E-state index is -4.52. The zero-order valence-corrected chi connectivity index (χ0v) is 13.9. The van der Waals surface area contributed by atoms with Gasteiger partial charge in [0.15, 0.2) is 5.78 Å². The summed E-state index contributed by atoms with van der Waals surface area (Å²) in [5.74, 6) is 0.441. The number of halogens is 3. The van der Waals surface area contributed by atoms with Gasteiger partial charge >= 0.3 is 6.18 Å². The molecule has 0 bridgehead atoms. The second-order valence-corrected chi connectivity index (χ2v) is 8.36. The lowest BCUT2D eigenvalue weighted by atomic mass is 9.52. The van der Waals surface area contributed by atoms with Gasteiger partial charge in [-0.15, -0.1) is 0 Å². The van der Waals surface area contributed by atoms with Crippen LogP contribution in [0.15, 0.2) is 11.1 Å². The summed E-state index contributed by atoms with van der Waals surface area (Å²) >= 11 is 0. The predicted molar refractivity (Wildman–Crippen MR) is 82.1 cm³/mol. The lowest BCUT2D eigenvalue weighted by Gasteiger charge is -2.52. The molecule has 4 aliphatic rings. The Kier molecular flexibility index (Phi) is 3.53. The highest BCUT2D eigenvalue weighted by Crippen LogP contribution is 2.61. The van der Waals surface area contributed by atoms with Crippen LogP contribution in [0.5, 0.6) is 0 Å². The number of ketones is 2. The zero-order chi connectivity index (χ0) is 17.3. The van der Waals surface area contributed by atoms with E-state index in [1.54, 1.807) is 0 Å². The number of hydrogen-bond acceptors (Lipinski definition) is 2. The van der Waals surface area contributed by atoms with Gasteiger partial charge in [-0.25, -0.2) is 0 Å². The molecule has 132 valence electrons. The van der Waals surface area contributed by atoms with Crippen LogP contribution in [0, 0.1) is 29.1 Å². The van der Waals surface area contributed by atoms with Crippen LogP contribution in [0.2, 0.25) is 0 Å². The van der Waals surface area contributed by atoms with Crippen molar-refractivity contribution in [2.75, 3.05) is 0 Å². The smallest absolute Gasteiger partial charge is 0.299 e. The standard InChI is InChI=1S/C19H23F3O2/c1-18-9-8-11-10-4-6-15(23)17(19(20,21)22)13(10)3-2-12(11)14(18)5-7-16(18)24/h10-12,14H,2-9H2,1H3/t10-,11-,12-,14+,18+/m1/s1. The number of carbonyl (C=O) groups excluding carboxylic acids is 2. The Morgan fingerprint density at radius 3 is 2.42 bits per heavy atom. The van der Waals surface area contributed by atoms with Crippen molar-refractivity contribution in [1.29, 1.82) is 0 Å². The van der Waals surface area contributed by atoms with Gasteiger partial charge in [0.25, 0.3) is 0 Å². The molecule has 24 heavy (non-hydrogen) atoms. The molecule has 4 aliphatic carbocycles. The van der Waals surface area contributed by atoms with Crippen molar-refractivity contribution in [3.8, 4) is 0 Å². The molecule has 3 saturated carbocycles. The third kappa shape index (κ3) is 2.15. The van der Waals surface area contributed by atoms with Crippen LogP contribution in [0.1, 0.15) is 58.3 Å². The summed E-state index contributed by atoms with van der Waals surface area (Å²) in [4.78, 5) is 24.2. The lowest BCUT2D eigenvalue weighted by molar-refractivity contribution is -0.133. The quantitative estimate of drug-likeness (QED) is 0.644. The third-order valence-corrected chi connectivity index (χ3v) is 7.48. The molecule has 3 fully saturated rings. The molecule has 4 rings (SSSR count). The first-order valence-electron chi connectivity index (χ1n) is 9.10. The molecule has 0 radical (unpaired) electrons. The van der Waals surface area contributed by atoms with Crippen LogP contribution < -0.4 is 0 Å². The monoisotopic (exact) mass is 340 g/mol. The normalized spacial score (nSPS) is 42.7. The molecular weight excluding hydrogens is 317 g/mol. The lowest BCUT2D eigenvalue weighted by Crippen LogP contribution is -2.47. The van der Waals surface area contributed by atoms with E-state index in [-0.39, 0.29) is 23.7 Å². The zero-order valence-electron chi connectivity index (χ0n) is 13.9. The first-order valence-corrected chi connectivity index (χ1v) is 9.10. The Bertz CT molecular complexity index is 633. The van der Waals surface area contributed by atoms with Crippen molar-refractivity contribution < 1.29 is 22.8 Å². The molecule has 0 saturated heterocycles. The van der Waals surface area contributed by atoms with Gasteiger partial charge < -0.3 is 0 Å². The summed E-state index contributed by atoms with van der Waals surface area (Å²) in [6.45, 7) is 2.07. The molecule has 0 unspecified atom stereocenters. The SMILES string of the molecule is C[C@]12CC[C@H]3[C@@H](CCC4=C(C(F)(F)F)C(=O)CC[C@@H]43)[C@@H]1CCC2=O. The average molecular weight is 340 g/mol. The van der Waals surface area contributed by atoms with E-state index in [0.717, 1.165) is 19.3 Å². The highest BCUT2D eigenvalue weighted by atomic mass is 19.4. The van der Waals surface area contributed by atoms with Gasteiger partial charge in [-0.05, 0) is 62.2 Å². The number of alkyl halides is 3. The Morgan fingerprint density at radius 2 is 1.71 bits per heavy atom. The van der Waals surface area contributed by atoms with Gasteiger partial charge in [0.2, 0.25) is 0 Å². The van der Waals surface area contributed by atoms with Gasteiger partial charge in [-0.3, -0.25) is 9.59 Å². The second-order valence-electron chi connectivity index (χ2n) is 8.36. The minimum absolute atomic E-state index is 0.0209. The molecule has 0 spiro atoms. The topological polar surface area (TPSA) is 34.1 Å². The summed E-state index contributed by atoms with van der Waals surface area (Å²) in [5.41, 5.74) is -0.708. The van der Waals surface area contributed by atoms with Gasteiger partial charge in [0.05, 0.1) is 5.57 Å². The van der Waals surface area contributed by atoms with Gasteiger partial charge in [0, 0.05) is 18.3 Å². The number of Topliss-reactive ketones (excluding diaryl/α,β-unsaturated/α-hetero) is 2. The van der Waals surface area contributed by atoms with E-state index in [9.17, 15) is 22.8 Å². The number of allylic oxidation sites excluding steroid dienone is 1. The molecular formula is C19H23F3O2. The molecule has 0 N–H and O–H groups in total. The van der Waals surface area contributed by atoms with E-state index in [2.05, 4.69) is 6.92 Å². The van der Waals surface area contributed by atoms with Gasteiger partial charge in [-0.2, -0.15) is 13.2 Å². The fraction of sp³-hybridized carbons (Fsp3) is 0.789. The highest BCUT2D eigenvalue weighted by Gasteiger charge is 2.57. The average Bonchev–Trinajstić information content (AvgIpc) is 2.81. The van der Waals surface area contributed by atoms with Gasteiger partial charge in [-0.1, -0.05) is 12.5 Å². The van der Waals surface area contributed by atoms with Crippen molar-refractivity contribution >= 4 is 11.6 Å². The highest BCUT2D eigenvalue weighted by molar-refractivity contribution is 5.98. The largest absolute Gasteiger partial charge is 0.419 e. The molecule has 0 aliphatic heterocycles. The molecule has 0 aromatic carbocycles. The molecule has 0 heterocycles. The summed E-state index contributed by atoms with van der Waals surface area (Å²) in [5, 5.41) is 0. The molecule has 5 atom stereocenters. The van der Waals surface area contributed by atoms with E-state index in [1.165, 1.54) is 0 Å². The van der Waals surface area contributed by atoms with Crippen molar-refractivity contribution in [2.24, 2.45) is 29.1 Å². The van der Waals surface area contributed by atoms with E-state index < -0.39 is 17.5 Å². The molecule has 2 nitrogen and oxygen atoms in total. The van der Waals surface area contributed by atoms with Gasteiger partial charge in [0.1, 0.15) is 5.78 Å². The maximum Gasteiger partial charge on any atom is 0.419 e. The fourth-order valence-corrected chi connectivity index (χ4v) is 6.40. The first kappa shape index (κ1) is 16.3. The Morgan fingerprint density at radius 1 is 0.958 bits per heavy atom. The summed E-state index contributed by atoms with van der Waals surface area (Å²) in [6.07, 6.45) is 0.304. The predicted octanol–water partition coefficient (Wildman–Crippen LogP) is 4.63. The number of hydrogen-bond donors (Lipinski definition) is 0. The Balaban J connectivity index is 1.70. The molecule has 5 heteroatoms. The van der Waals surface area contributed by atoms with Crippen LogP contribution >= 0.6 is 0 Å². The van der Waals surface area contributed by atoms with Crippen LogP contribution in [0.4, 0.5) is 13.2 Å². The Hall–Kier alpha value is -1.13. The third-order valence-electron chi connectivity index (χ3n) is 7.48. The maximum absolute atomic E-state index is 13.4. The minimum Gasteiger partial charge on any atom is -0.299 e. The summed E-state index contributed by atoms with van der Waals surface area (Å²) < 4.78 is 40.2. The van der Waals surface area contributed by atoms with Crippen molar-refractivity contribution in [3.05, 3.63) is 11.1 Å². The van der Waals surface area contributed by atoms with Crippen LogP contribution in [0.3, 0.4) is 0 Å².